The molecule has 0 aliphatic heterocycles. The average Bonchev–Trinajstić information content (AvgIpc) is 2.46. The summed E-state index contributed by atoms with van der Waals surface area (Å²) in [6.07, 6.45) is -5.19. The highest BCUT2D eigenvalue weighted by molar-refractivity contribution is 5.75. The molecule has 0 aromatic heterocycles. The molecule has 0 bridgehead atoms. The van der Waals surface area contributed by atoms with Gasteiger partial charge in [0.1, 0.15) is 0 Å². The molecule has 0 aliphatic rings. The van der Waals surface area contributed by atoms with E-state index in [1.54, 1.807) is 0 Å². The van der Waals surface area contributed by atoms with Gasteiger partial charge in [-0.05, 0) is 17.2 Å². The van der Waals surface area contributed by atoms with Crippen LogP contribution in [0.15, 0.2) is 42.5 Å². The van der Waals surface area contributed by atoms with Crippen LogP contribution in [0.2, 0.25) is 0 Å². The fourth-order valence-electron chi connectivity index (χ4n) is 2.20. The molecule has 0 aliphatic carbocycles. The van der Waals surface area contributed by atoms with Gasteiger partial charge in [0.2, 0.25) is 0 Å². The zero-order valence-electron chi connectivity index (χ0n) is 11.5. The van der Waals surface area contributed by atoms with Gasteiger partial charge in [-0.3, -0.25) is 14.9 Å². The number of alkyl halides is 3. The number of halogens is 3. The van der Waals surface area contributed by atoms with Crippen molar-refractivity contribution in [1.82, 2.24) is 0 Å². The molecule has 23 heavy (non-hydrogen) atoms. The molecule has 2 aromatic rings. The number of benzene rings is 2. The Labute approximate surface area is 128 Å². The fourth-order valence-corrected chi connectivity index (χ4v) is 2.20. The monoisotopic (exact) mass is 325 g/mol. The number of carboxylic acids is 1. The van der Waals surface area contributed by atoms with Crippen LogP contribution < -0.4 is 0 Å². The summed E-state index contributed by atoms with van der Waals surface area (Å²) in [6.45, 7) is 0. The van der Waals surface area contributed by atoms with Crippen molar-refractivity contribution < 1.29 is 28.0 Å². The first-order chi connectivity index (χ1) is 10.7. The van der Waals surface area contributed by atoms with E-state index in [9.17, 15) is 28.1 Å². The van der Waals surface area contributed by atoms with Crippen LogP contribution in [0.3, 0.4) is 0 Å². The Kier molecular flexibility index (Phi) is 4.35. The van der Waals surface area contributed by atoms with E-state index in [0.29, 0.717) is 0 Å². The topological polar surface area (TPSA) is 80.4 Å². The normalized spacial score (nSPS) is 11.3. The molecule has 0 atom stereocenters. The minimum absolute atomic E-state index is 0.00114. The number of carboxylic acid groups (broad SMARTS) is 1. The van der Waals surface area contributed by atoms with Crippen molar-refractivity contribution in [2.75, 3.05) is 0 Å². The Morgan fingerprint density at radius 1 is 1.17 bits per heavy atom. The second-order valence-electron chi connectivity index (χ2n) is 4.71. The van der Waals surface area contributed by atoms with Crippen LogP contribution in [0.5, 0.6) is 0 Å². The van der Waals surface area contributed by atoms with Gasteiger partial charge < -0.3 is 5.11 Å². The number of nitrogens with zero attached hydrogens (tertiary/aromatic N) is 1. The number of nitro benzene ring substituents is 1. The molecular weight excluding hydrogens is 315 g/mol. The lowest BCUT2D eigenvalue weighted by molar-refractivity contribution is -0.385. The Bertz CT molecular complexity index is 772. The first-order valence-electron chi connectivity index (χ1n) is 6.36. The summed E-state index contributed by atoms with van der Waals surface area (Å²) in [4.78, 5) is 21.0. The molecule has 120 valence electrons. The summed E-state index contributed by atoms with van der Waals surface area (Å²) >= 11 is 0. The van der Waals surface area contributed by atoms with Gasteiger partial charge in [-0.2, -0.15) is 13.2 Å². The molecule has 8 heteroatoms. The third-order valence-electron chi connectivity index (χ3n) is 3.17. The van der Waals surface area contributed by atoms with E-state index < -0.39 is 34.7 Å². The lowest BCUT2D eigenvalue weighted by Gasteiger charge is -2.13. The van der Waals surface area contributed by atoms with Crippen LogP contribution in [0.25, 0.3) is 11.1 Å². The molecule has 0 heterocycles. The molecule has 0 radical (unpaired) electrons. The summed E-state index contributed by atoms with van der Waals surface area (Å²) in [6, 6.07) is 8.07. The van der Waals surface area contributed by atoms with Gasteiger partial charge in [-0.25, -0.2) is 0 Å². The second-order valence-corrected chi connectivity index (χ2v) is 4.71. The van der Waals surface area contributed by atoms with Gasteiger partial charge in [0.05, 0.1) is 16.9 Å². The molecule has 2 rings (SSSR count). The summed E-state index contributed by atoms with van der Waals surface area (Å²) in [5, 5.41) is 19.8. The zero-order valence-corrected chi connectivity index (χ0v) is 11.5. The average molecular weight is 325 g/mol. The van der Waals surface area contributed by atoms with Crippen LogP contribution in [-0.2, 0) is 17.4 Å². The van der Waals surface area contributed by atoms with Crippen molar-refractivity contribution in [3.63, 3.8) is 0 Å². The highest BCUT2D eigenvalue weighted by atomic mass is 19.4. The van der Waals surface area contributed by atoms with Gasteiger partial charge >= 0.3 is 12.1 Å². The Balaban J connectivity index is 2.60. The van der Waals surface area contributed by atoms with Crippen molar-refractivity contribution in [3.8, 4) is 11.1 Å². The Morgan fingerprint density at radius 2 is 1.83 bits per heavy atom. The third kappa shape index (κ3) is 3.65. The number of hydrogen-bond acceptors (Lipinski definition) is 3. The maximum Gasteiger partial charge on any atom is 0.417 e. The SMILES string of the molecule is O=C(O)Cc1ccc(-c2ccccc2C(F)(F)F)cc1[N+](=O)[O-]. The van der Waals surface area contributed by atoms with Crippen LogP contribution in [0, 0.1) is 10.1 Å². The lowest BCUT2D eigenvalue weighted by Crippen LogP contribution is -2.07. The van der Waals surface area contributed by atoms with Crippen LogP contribution >= 0.6 is 0 Å². The van der Waals surface area contributed by atoms with Crippen molar-refractivity contribution in [3.05, 3.63) is 63.7 Å². The van der Waals surface area contributed by atoms with E-state index in [2.05, 4.69) is 0 Å². The predicted molar refractivity (Wildman–Crippen MR) is 74.9 cm³/mol. The first kappa shape index (κ1) is 16.5. The summed E-state index contributed by atoms with van der Waals surface area (Å²) < 4.78 is 39.1. The van der Waals surface area contributed by atoms with Gasteiger partial charge in [0.15, 0.2) is 0 Å². The van der Waals surface area contributed by atoms with Gasteiger partial charge in [0.25, 0.3) is 5.69 Å². The number of aliphatic carboxylic acids is 1. The van der Waals surface area contributed by atoms with Gasteiger partial charge in [-0.1, -0.05) is 30.3 Å². The van der Waals surface area contributed by atoms with E-state index in [1.807, 2.05) is 0 Å². The minimum atomic E-state index is -4.61. The molecular formula is C15H10F3NO4. The highest BCUT2D eigenvalue weighted by Gasteiger charge is 2.33. The standard InChI is InChI=1S/C15H10F3NO4/c16-15(17,18)12-4-2-1-3-11(12)9-5-6-10(8-14(20)21)13(7-9)19(22)23/h1-7H,8H2,(H,20,21). The van der Waals surface area contributed by atoms with E-state index in [-0.39, 0.29) is 16.7 Å². The van der Waals surface area contributed by atoms with E-state index >= 15 is 0 Å². The zero-order chi connectivity index (χ0) is 17.2. The quantitative estimate of drug-likeness (QED) is 0.683. The van der Waals surface area contributed by atoms with Crippen LogP contribution in [0.1, 0.15) is 11.1 Å². The van der Waals surface area contributed by atoms with Crippen molar-refractivity contribution >= 4 is 11.7 Å². The number of rotatable bonds is 4. The summed E-state index contributed by atoms with van der Waals surface area (Å²) in [5.74, 6) is -1.27. The third-order valence-corrected chi connectivity index (χ3v) is 3.17. The molecule has 0 fully saturated rings. The fraction of sp³-hybridized carbons (Fsp3) is 0.133. The molecule has 5 nitrogen and oxygen atoms in total. The maximum atomic E-state index is 13.0. The smallest absolute Gasteiger partial charge is 0.417 e. The first-order valence-corrected chi connectivity index (χ1v) is 6.36. The summed E-state index contributed by atoms with van der Waals surface area (Å²) in [5.41, 5.74) is -1.72. The van der Waals surface area contributed by atoms with E-state index in [1.165, 1.54) is 24.3 Å². The van der Waals surface area contributed by atoms with Gasteiger partial charge in [0, 0.05) is 11.6 Å². The Hall–Kier alpha value is -2.90. The minimum Gasteiger partial charge on any atom is -0.481 e. The van der Waals surface area contributed by atoms with Gasteiger partial charge in [-0.15, -0.1) is 0 Å². The molecule has 0 saturated heterocycles. The summed E-state index contributed by atoms with van der Waals surface area (Å²) in [7, 11) is 0. The molecule has 2 aromatic carbocycles. The van der Waals surface area contributed by atoms with E-state index in [4.69, 9.17) is 5.11 Å². The van der Waals surface area contributed by atoms with Crippen LogP contribution in [-0.4, -0.2) is 16.0 Å². The molecule has 0 spiro atoms. The molecule has 0 amide bonds. The van der Waals surface area contributed by atoms with Crippen LogP contribution in [0.4, 0.5) is 18.9 Å². The molecule has 1 N–H and O–H groups in total. The van der Waals surface area contributed by atoms with Crippen molar-refractivity contribution in [2.45, 2.75) is 12.6 Å². The second kappa shape index (κ2) is 6.07. The number of hydrogen-bond donors (Lipinski definition) is 1. The molecule has 0 unspecified atom stereocenters. The van der Waals surface area contributed by atoms with Crippen molar-refractivity contribution in [2.24, 2.45) is 0 Å². The number of carbonyl (C=O) groups is 1. The largest absolute Gasteiger partial charge is 0.481 e. The predicted octanol–water partition coefficient (Wildman–Crippen LogP) is 3.91. The maximum absolute atomic E-state index is 13.0. The number of nitro groups is 1. The Morgan fingerprint density at radius 3 is 2.39 bits per heavy atom. The van der Waals surface area contributed by atoms with Crippen molar-refractivity contribution in [1.29, 1.82) is 0 Å². The lowest BCUT2D eigenvalue weighted by atomic mass is 9.97. The molecule has 0 saturated carbocycles. The highest BCUT2D eigenvalue weighted by Crippen LogP contribution is 2.38. The van der Waals surface area contributed by atoms with E-state index in [0.717, 1.165) is 18.2 Å².